The lowest BCUT2D eigenvalue weighted by atomic mass is 10.2. The van der Waals surface area contributed by atoms with Crippen LogP contribution in [0, 0.1) is 0 Å². The van der Waals surface area contributed by atoms with Crippen molar-refractivity contribution in [2.75, 3.05) is 6.54 Å². The second kappa shape index (κ2) is 7.35. The molecule has 1 heterocycles. The molecule has 3 aromatic rings. The number of aromatic nitrogens is 2. The Kier molecular flexibility index (Phi) is 4.79. The topological polar surface area (TPSA) is 68.0 Å². The van der Waals surface area contributed by atoms with Gasteiger partial charge in [0.15, 0.2) is 0 Å². The number of rotatable bonds is 6. The molecular formula is C18H17N3O2. The number of amides is 1. The summed E-state index contributed by atoms with van der Waals surface area (Å²) in [6.07, 6.45) is 1.38. The normalized spacial score (nSPS) is 10.4. The second-order valence-electron chi connectivity index (χ2n) is 5.10. The molecule has 5 nitrogen and oxygen atoms in total. The first kappa shape index (κ1) is 15.0. The summed E-state index contributed by atoms with van der Waals surface area (Å²) in [5.74, 6) is 1.10. The zero-order chi connectivity index (χ0) is 15.9. The highest BCUT2D eigenvalue weighted by atomic mass is 16.5. The van der Waals surface area contributed by atoms with E-state index in [0.29, 0.717) is 30.2 Å². The van der Waals surface area contributed by atoms with E-state index in [2.05, 4.69) is 15.5 Å². The van der Waals surface area contributed by atoms with Crippen LogP contribution in [0.3, 0.4) is 0 Å². The summed E-state index contributed by atoms with van der Waals surface area (Å²) >= 11 is 0. The number of nitrogens with zero attached hydrogens (tertiary/aromatic N) is 2. The molecule has 2 aromatic carbocycles. The molecule has 0 unspecified atom stereocenters. The van der Waals surface area contributed by atoms with E-state index in [0.717, 1.165) is 12.0 Å². The average Bonchev–Trinajstić information content (AvgIpc) is 3.09. The summed E-state index contributed by atoms with van der Waals surface area (Å²) in [6.45, 7) is 0.566. The van der Waals surface area contributed by atoms with Crippen molar-refractivity contribution < 1.29 is 9.32 Å². The van der Waals surface area contributed by atoms with Crippen LogP contribution >= 0.6 is 0 Å². The van der Waals surface area contributed by atoms with Gasteiger partial charge in [-0.15, -0.1) is 0 Å². The van der Waals surface area contributed by atoms with Crippen LogP contribution in [-0.2, 0) is 6.42 Å². The Bertz CT molecular complexity index is 754. The summed E-state index contributed by atoms with van der Waals surface area (Å²) in [4.78, 5) is 16.2. The Labute approximate surface area is 134 Å². The van der Waals surface area contributed by atoms with Crippen molar-refractivity contribution in [3.05, 3.63) is 72.1 Å². The summed E-state index contributed by atoms with van der Waals surface area (Å²) in [5, 5.41) is 6.85. The van der Waals surface area contributed by atoms with Gasteiger partial charge in [-0.05, 0) is 18.6 Å². The van der Waals surface area contributed by atoms with Crippen LogP contribution in [0.2, 0.25) is 0 Å². The minimum atomic E-state index is -0.0684. The maximum atomic E-state index is 11.9. The van der Waals surface area contributed by atoms with Gasteiger partial charge in [0, 0.05) is 24.1 Å². The number of carbonyl (C=O) groups excluding carboxylic acids is 1. The van der Waals surface area contributed by atoms with E-state index in [1.807, 2.05) is 48.5 Å². The Balaban J connectivity index is 1.46. The molecule has 0 aliphatic rings. The molecule has 23 heavy (non-hydrogen) atoms. The van der Waals surface area contributed by atoms with Crippen LogP contribution in [0.15, 0.2) is 65.2 Å². The van der Waals surface area contributed by atoms with Gasteiger partial charge in [-0.1, -0.05) is 53.7 Å². The Hall–Kier alpha value is -2.95. The SMILES string of the molecule is O=C(NCCCc1nc(-c2ccccc2)no1)c1ccccc1. The van der Waals surface area contributed by atoms with Gasteiger partial charge in [-0.2, -0.15) is 4.98 Å². The van der Waals surface area contributed by atoms with Crippen molar-refractivity contribution in [1.29, 1.82) is 0 Å². The van der Waals surface area contributed by atoms with Gasteiger partial charge in [0.25, 0.3) is 5.91 Å². The zero-order valence-electron chi connectivity index (χ0n) is 12.6. The maximum Gasteiger partial charge on any atom is 0.251 e. The lowest BCUT2D eigenvalue weighted by Gasteiger charge is -2.03. The lowest BCUT2D eigenvalue weighted by Crippen LogP contribution is -2.24. The molecule has 0 aliphatic carbocycles. The standard InChI is InChI=1S/C18H17N3O2/c22-18(15-10-5-2-6-11-15)19-13-7-12-16-20-17(21-23-16)14-8-3-1-4-9-14/h1-6,8-11H,7,12-13H2,(H,19,22). The van der Waals surface area contributed by atoms with Gasteiger partial charge in [0.05, 0.1) is 0 Å². The van der Waals surface area contributed by atoms with Crippen LogP contribution in [0.25, 0.3) is 11.4 Å². The van der Waals surface area contributed by atoms with Crippen molar-refractivity contribution in [2.24, 2.45) is 0 Å². The molecule has 3 rings (SSSR count). The van der Waals surface area contributed by atoms with E-state index in [1.54, 1.807) is 12.1 Å². The van der Waals surface area contributed by atoms with Crippen LogP contribution in [0.4, 0.5) is 0 Å². The Morgan fingerprint density at radius 1 is 1.00 bits per heavy atom. The van der Waals surface area contributed by atoms with Crippen molar-refractivity contribution in [3.8, 4) is 11.4 Å². The van der Waals surface area contributed by atoms with Crippen molar-refractivity contribution in [2.45, 2.75) is 12.8 Å². The van der Waals surface area contributed by atoms with Crippen LogP contribution < -0.4 is 5.32 Å². The lowest BCUT2D eigenvalue weighted by molar-refractivity contribution is 0.0953. The molecule has 5 heteroatoms. The van der Waals surface area contributed by atoms with Crippen molar-refractivity contribution >= 4 is 5.91 Å². The van der Waals surface area contributed by atoms with E-state index in [9.17, 15) is 4.79 Å². The number of nitrogens with one attached hydrogen (secondary N) is 1. The first-order chi connectivity index (χ1) is 11.3. The van der Waals surface area contributed by atoms with Gasteiger partial charge >= 0.3 is 0 Å². The highest BCUT2D eigenvalue weighted by Gasteiger charge is 2.08. The molecule has 0 saturated carbocycles. The van der Waals surface area contributed by atoms with Crippen molar-refractivity contribution in [3.63, 3.8) is 0 Å². The summed E-state index contributed by atoms with van der Waals surface area (Å²) in [7, 11) is 0. The molecule has 0 aliphatic heterocycles. The molecule has 116 valence electrons. The molecule has 1 aromatic heterocycles. The molecular weight excluding hydrogens is 290 g/mol. The van der Waals surface area contributed by atoms with E-state index in [-0.39, 0.29) is 5.91 Å². The molecule has 0 spiro atoms. The quantitative estimate of drug-likeness (QED) is 0.711. The zero-order valence-corrected chi connectivity index (χ0v) is 12.6. The van der Waals surface area contributed by atoms with Gasteiger partial charge in [-0.3, -0.25) is 4.79 Å². The maximum absolute atomic E-state index is 11.9. The summed E-state index contributed by atoms with van der Waals surface area (Å²) in [6, 6.07) is 18.9. The monoisotopic (exact) mass is 307 g/mol. The van der Waals surface area contributed by atoms with Gasteiger partial charge in [0.1, 0.15) is 0 Å². The second-order valence-corrected chi connectivity index (χ2v) is 5.10. The molecule has 0 atom stereocenters. The van der Waals surface area contributed by atoms with E-state index >= 15 is 0 Å². The first-order valence-electron chi connectivity index (χ1n) is 7.54. The fourth-order valence-corrected chi connectivity index (χ4v) is 2.19. The predicted molar refractivity (Wildman–Crippen MR) is 86.8 cm³/mol. The van der Waals surface area contributed by atoms with Crippen LogP contribution in [0.5, 0.6) is 0 Å². The highest BCUT2D eigenvalue weighted by Crippen LogP contribution is 2.15. The predicted octanol–water partition coefficient (Wildman–Crippen LogP) is 3.10. The van der Waals surface area contributed by atoms with Gasteiger partial charge in [0.2, 0.25) is 11.7 Å². The third kappa shape index (κ3) is 4.03. The fourth-order valence-electron chi connectivity index (χ4n) is 2.19. The molecule has 0 saturated heterocycles. The summed E-state index contributed by atoms with van der Waals surface area (Å²) < 4.78 is 5.24. The molecule has 0 radical (unpaired) electrons. The number of hydrogen-bond donors (Lipinski definition) is 1. The molecule has 1 amide bonds. The first-order valence-corrected chi connectivity index (χ1v) is 7.54. The minimum absolute atomic E-state index is 0.0684. The largest absolute Gasteiger partial charge is 0.352 e. The molecule has 0 bridgehead atoms. The Morgan fingerprint density at radius 2 is 1.70 bits per heavy atom. The van der Waals surface area contributed by atoms with Crippen molar-refractivity contribution in [1.82, 2.24) is 15.5 Å². The molecule has 1 N–H and O–H groups in total. The number of aryl methyl sites for hydroxylation is 1. The number of carbonyl (C=O) groups is 1. The fraction of sp³-hybridized carbons (Fsp3) is 0.167. The number of hydrogen-bond acceptors (Lipinski definition) is 4. The number of benzene rings is 2. The average molecular weight is 307 g/mol. The van der Waals surface area contributed by atoms with Crippen LogP contribution in [-0.4, -0.2) is 22.6 Å². The highest BCUT2D eigenvalue weighted by molar-refractivity contribution is 5.94. The Morgan fingerprint density at radius 3 is 2.43 bits per heavy atom. The third-order valence-corrected chi connectivity index (χ3v) is 3.39. The third-order valence-electron chi connectivity index (χ3n) is 3.39. The summed E-state index contributed by atoms with van der Waals surface area (Å²) in [5.41, 5.74) is 1.59. The van der Waals surface area contributed by atoms with E-state index in [1.165, 1.54) is 0 Å². The molecule has 0 fully saturated rings. The van der Waals surface area contributed by atoms with Gasteiger partial charge < -0.3 is 9.84 Å². The van der Waals surface area contributed by atoms with E-state index < -0.39 is 0 Å². The van der Waals surface area contributed by atoms with Crippen LogP contribution in [0.1, 0.15) is 22.7 Å². The van der Waals surface area contributed by atoms with E-state index in [4.69, 9.17) is 4.52 Å². The minimum Gasteiger partial charge on any atom is -0.352 e. The van der Waals surface area contributed by atoms with Gasteiger partial charge in [-0.25, -0.2) is 0 Å². The smallest absolute Gasteiger partial charge is 0.251 e.